The molecule has 0 bridgehead atoms. The van der Waals surface area contributed by atoms with E-state index in [2.05, 4.69) is 4.18 Å². The van der Waals surface area contributed by atoms with Crippen molar-refractivity contribution >= 4 is 10.4 Å². The maximum Gasteiger partial charge on any atom is 0.446 e. The average molecular weight is 205 g/mol. The zero-order valence-electron chi connectivity index (χ0n) is 7.10. The molecule has 6 heteroatoms. The van der Waals surface area contributed by atoms with E-state index >= 15 is 0 Å². The van der Waals surface area contributed by atoms with Gasteiger partial charge in [-0.05, 0) is 19.1 Å². The first-order valence-electron chi connectivity index (χ1n) is 3.21. The number of aryl methyl sites for hydroxylation is 1. The second kappa shape index (κ2) is 4.22. The second-order valence-corrected chi connectivity index (χ2v) is 3.35. The van der Waals surface area contributed by atoms with Crippen LogP contribution >= 0.6 is 0 Å². The molecule has 0 unspecified atom stereocenters. The molecular formula is C7H11NO4S. The van der Waals surface area contributed by atoms with Crippen molar-refractivity contribution in [3.63, 3.8) is 0 Å². The summed E-state index contributed by atoms with van der Waals surface area (Å²) in [7, 11) is -4.39. The summed E-state index contributed by atoms with van der Waals surface area (Å²) in [6.07, 6.45) is 0. The number of rotatable bonds is 2. The Kier molecular flexibility index (Phi) is 3.86. The zero-order chi connectivity index (χ0) is 9.19. The van der Waals surface area contributed by atoms with Crippen LogP contribution in [0.2, 0.25) is 0 Å². The molecule has 1 rings (SSSR count). The standard InChI is InChI=1S/C7H8O4S.H3N/c1-6-2-4-7(5-3-6)11-12(8,9)10;/h2-5H,1H3,(H,8,9,10);1H3. The van der Waals surface area contributed by atoms with Crippen molar-refractivity contribution in [3.05, 3.63) is 29.8 Å². The van der Waals surface area contributed by atoms with E-state index in [9.17, 15) is 8.42 Å². The van der Waals surface area contributed by atoms with Gasteiger partial charge in [0.05, 0.1) is 0 Å². The van der Waals surface area contributed by atoms with Crippen molar-refractivity contribution < 1.29 is 17.2 Å². The largest absolute Gasteiger partial charge is 0.446 e. The van der Waals surface area contributed by atoms with Crippen LogP contribution in [0.15, 0.2) is 24.3 Å². The third-order valence-corrected chi connectivity index (χ3v) is 1.63. The molecule has 0 heterocycles. The summed E-state index contributed by atoms with van der Waals surface area (Å²) in [6, 6.07) is 6.28. The maximum atomic E-state index is 10.2. The van der Waals surface area contributed by atoms with E-state index in [1.165, 1.54) is 12.1 Å². The van der Waals surface area contributed by atoms with E-state index < -0.39 is 10.4 Å². The van der Waals surface area contributed by atoms with Gasteiger partial charge in [0, 0.05) is 0 Å². The molecule has 1 aromatic carbocycles. The first-order valence-corrected chi connectivity index (χ1v) is 4.57. The molecule has 13 heavy (non-hydrogen) atoms. The van der Waals surface area contributed by atoms with E-state index in [1.807, 2.05) is 6.92 Å². The van der Waals surface area contributed by atoms with E-state index in [0.29, 0.717) is 0 Å². The van der Waals surface area contributed by atoms with Crippen molar-refractivity contribution in [2.75, 3.05) is 0 Å². The number of benzene rings is 1. The van der Waals surface area contributed by atoms with E-state index in [-0.39, 0.29) is 11.9 Å². The summed E-state index contributed by atoms with van der Waals surface area (Å²) in [5.74, 6) is 0.100. The minimum Gasteiger partial charge on any atom is -0.362 e. The lowest BCUT2D eigenvalue weighted by atomic mass is 10.2. The average Bonchev–Trinajstić information content (AvgIpc) is 1.91. The molecule has 74 valence electrons. The Hall–Kier alpha value is -1.11. The molecule has 0 radical (unpaired) electrons. The second-order valence-electron chi connectivity index (χ2n) is 2.32. The molecule has 0 atom stereocenters. The smallest absolute Gasteiger partial charge is 0.362 e. The van der Waals surface area contributed by atoms with Gasteiger partial charge >= 0.3 is 10.4 Å². The molecule has 4 N–H and O–H groups in total. The molecular weight excluding hydrogens is 194 g/mol. The lowest BCUT2D eigenvalue weighted by molar-refractivity contribution is 0.387. The highest BCUT2D eigenvalue weighted by Gasteiger charge is 2.05. The molecule has 0 fully saturated rings. The van der Waals surface area contributed by atoms with Crippen molar-refractivity contribution in [1.29, 1.82) is 0 Å². The van der Waals surface area contributed by atoms with Crippen molar-refractivity contribution in [2.24, 2.45) is 0 Å². The summed E-state index contributed by atoms with van der Waals surface area (Å²) >= 11 is 0. The molecule has 0 aliphatic carbocycles. The molecule has 0 saturated heterocycles. The third kappa shape index (κ3) is 4.46. The van der Waals surface area contributed by atoms with Crippen LogP contribution < -0.4 is 10.3 Å². The maximum absolute atomic E-state index is 10.2. The Bertz CT molecular complexity index is 357. The highest BCUT2D eigenvalue weighted by atomic mass is 32.3. The summed E-state index contributed by atoms with van der Waals surface area (Å²) in [6.45, 7) is 1.86. The summed E-state index contributed by atoms with van der Waals surface area (Å²) < 4.78 is 32.9. The van der Waals surface area contributed by atoms with Gasteiger partial charge in [-0.15, -0.1) is 0 Å². The predicted molar refractivity (Wildman–Crippen MR) is 48.4 cm³/mol. The van der Waals surface area contributed by atoms with Crippen LogP contribution in [0.5, 0.6) is 5.75 Å². The lowest BCUT2D eigenvalue weighted by Gasteiger charge is -2.00. The van der Waals surface area contributed by atoms with Gasteiger partial charge in [0.2, 0.25) is 0 Å². The van der Waals surface area contributed by atoms with Gasteiger partial charge < -0.3 is 10.3 Å². The normalized spacial score (nSPS) is 10.3. The van der Waals surface area contributed by atoms with Crippen LogP contribution in [0.1, 0.15) is 5.56 Å². The molecule has 0 amide bonds. The quantitative estimate of drug-likeness (QED) is 0.710. The molecule has 0 spiro atoms. The van der Waals surface area contributed by atoms with Crippen LogP contribution in [-0.2, 0) is 10.4 Å². The van der Waals surface area contributed by atoms with Crippen LogP contribution in [-0.4, -0.2) is 13.0 Å². The molecule has 0 aliphatic rings. The molecule has 0 aliphatic heterocycles. The topological polar surface area (TPSA) is 98.6 Å². The van der Waals surface area contributed by atoms with Gasteiger partial charge in [0.1, 0.15) is 5.75 Å². The Balaban J connectivity index is 0.00000144. The van der Waals surface area contributed by atoms with Gasteiger partial charge in [-0.3, -0.25) is 4.55 Å². The fourth-order valence-electron chi connectivity index (χ4n) is 0.715. The van der Waals surface area contributed by atoms with Gasteiger partial charge in [-0.2, -0.15) is 8.42 Å². The summed E-state index contributed by atoms with van der Waals surface area (Å²) in [5.41, 5.74) is 0.984. The monoisotopic (exact) mass is 205 g/mol. The Morgan fingerprint density at radius 3 is 2.08 bits per heavy atom. The third-order valence-electron chi connectivity index (χ3n) is 1.22. The van der Waals surface area contributed by atoms with Gasteiger partial charge in [-0.25, -0.2) is 0 Å². The van der Waals surface area contributed by atoms with Crippen LogP contribution in [0, 0.1) is 6.92 Å². The van der Waals surface area contributed by atoms with E-state index in [0.717, 1.165) is 5.56 Å². The number of hydrogen-bond acceptors (Lipinski definition) is 4. The summed E-state index contributed by atoms with van der Waals surface area (Å²) in [4.78, 5) is 0. The van der Waals surface area contributed by atoms with E-state index in [1.54, 1.807) is 12.1 Å². The lowest BCUT2D eigenvalue weighted by Crippen LogP contribution is -2.06. The SMILES string of the molecule is Cc1ccc(OS(=O)(=O)O)cc1.N. The molecule has 0 aromatic heterocycles. The van der Waals surface area contributed by atoms with Gasteiger partial charge in [0.15, 0.2) is 0 Å². The minimum absolute atomic E-state index is 0. The summed E-state index contributed by atoms with van der Waals surface area (Å²) in [5, 5.41) is 0. The Morgan fingerprint density at radius 1 is 1.23 bits per heavy atom. The fraction of sp³-hybridized carbons (Fsp3) is 0.143. The highest BCUT2D eigenvalue weighted by Crippen LogP contribution is 2.12. The van der Waals surface area contributed by atoms with Crippen molar-refractivity contribution in [3.8, 4) is 5.75 Å². The fourth-order valence-corrected chi connectivity index (χ4v) is 1.07. The number of hydrogen-bond donors (Lipinski definition) is 2. The van der Waals surface area contributed by atoms with Crippen LogP contribution in [0.25, 0.3) is 0 Å². The minimum atomic E-state index is -4.39. The Labute approximate surface area is 76.9 Å². The highest BCUT2D eigenvalue weighted by molar-refractivity contribution is 7.81. The predicted octanol–water partition coefficient (Wildman–Crippen LogP) is 1.34. The van der Waals surface area contributed by atoms with Gasteiger partial charge in [0.25, 0.3) is 0 Å². The van der Waals surface area contributed by atoms with Crippen molar-refractivity contribution in [2.45, 2.75) is 6.92 Å². The van der Waals surface area contributed by atoms with Crippen molar-refractivity contribution in [1.82, 2.24) is 6.15 Å². The first kappa shape index (κ1) is 11.9. The van der Waals surface area contributed by atoms with Gasteiger partial charge in [-0.1, -0.05) is 17.7 Å². The first-order chi connectivity index (χ1) is 5.47. The molecule has 5 nitrogen and oxygen atoms in total. The van der Waals surface area contributed by atoms with Crippen LogP contribution in [0.4, 0.5) is 0 Å². The van der Waals surface area contributed by atoms with E-state index in [4.69, 9.17) is 4.55 Å². The molecule has 1 aromatic rings. The molecule has 0 saturated carbocycles. The Morgan fingerprint density at radius 2 is 1.69 bits per heavy atom. The van der Waals surface area contributed by atoms with Crippen LogP contribution in [0.3, 0.4) is 0 Å². The zero-order valence-corrected chi connectivity index (χ0v) is 7.91.